The largest absolute Gasteiger partial charge is 0.486 e. The van der Waals surface area contributed by atoms with Gasteiger partial charge in [-0.15, -0.1) is 0 Å². The minimum absolute atomic E-state index is 0.0732. The first-order valence-corrected chi connectivity index (χ1v) is 6.71. The summed E-state index contributed by atoms with van der Waals surface area (Å²) in [7, 11) is 0. The Bertz CT molecular complexity index is 490. The van der Waals surface area contributed by atoms with Gasteiger partial charge in [0.2, 0.25) is 0 Å². The zero-order valence-corrected chi connectivity index (χ0v) is 11.7. The Labute approximate surface area is 122 Å². The van der Waals surface area contributed by atoms with Gasteiger partial charge in [-0.3, -0.25) is 0 Å². The topological polar surface area (TPSA) is 85.6 Å². The van der Waals surface area contributed by atoms with Gasteiger partial charge in [-0.25, -0.2) is 4.79 Å². The molecule has 1 aliphatic heterocycles. The summed E-state index contributed by atoms with van der Waals surface area (Å²) in [5.41, 5.74) is 6.01. The maximum atomic E-state index is 11.8. The first-order valence-electron chi connectivity index (χ1n) is 6.30. The average molecular weight is 295 g/mol. The van der Waals surface area contributed by atoms with Crippen LogP contribution in [0.3, 0.4) is 0 Å². The van der Waals surface area contributed by atoms with Crippen molar-refractivity contribution < 1.29 is 14.3 Å². The highest BCUT2D eigenvalue weighted by molar-refractivity contribution is 7.80. The van der Waals surface area contributed by atoms with E-state index >= 15 is 0 Å². The van der Waals surface area contributed by atoms with E-state index in [1.165, 1.54) is 0 Å². The van der Waals surface area contributed by atoms with Crippen LogP contribution in [0.5, 0.6) is 5.75 Å². The lowest BCUT2D eigenvalue weighted by atomic mass is 10.2. The lowest BCUT2D eigenvalue weighted by Crippen LogP contribution is -2.38. The second-order valence-corrected chi connectivity index (χ2v) is 4.97. The van der Waals surface area contributed by atoms with Crippen molar-refractivity contribution in [2.75, 3.05) is 25.1 Å². The number of thiocarbonyl (C=S) groups is 1. The Morgan fingerprint density at radius 3 is 3.10 bits per heavy atom. The molecule has 108 valence electrons. The third-order valence-electron chi connectivity index (χ3n) is 2.74. The molecular weight excluding hydrogens is 278 g/mol. The van der Waals surface area contributed by atoms with Crippen LogP contribution in [-0.2, 0) is 4.74 Å². The number of hydrogen-bond donors (Lipinski definition) is 3. The molecule has 20 heavy (non-hydrogen) atoms. The van der Waals surface area contributed by atoms with Crippen LogP contribution in [0.4, 0.5) is 10.5 Å². The normalized spacial score (nSPS) is 17.5. The van der Waals surface area contributed by atoms with Crippen molar-refractivity contribution in [3.8, 4) is 5.75 Å². The van der Waals surface area contributed by atoms with Gasteiger partial charge in [0.15, 0.2) is 0 Å². The van der Waals surface area contributed by atoms with E-state index < -0.39 is 0 Å². The van der Waals surface area contributed by atoms with Gasteiger partial charge in [-0.1, -0.05) is 18.3 Å². The van der Waals surface area contributed by atoms with Gasteiger partial charge < -0.3 is 25.8 Å². The number of hydrogen-bond acceptors (Lipinski definition) is 4. The maximum absolute atomic E-state index is 11.8. The predicted octanol–water partition coefficient (Wildman–Crippen LogP) is 1.26. The van der Waals surface area contributed by atoms with E-state index in [1.807, 2.05) is 0 Å². The highest BCUT2D eigenvalue weighted by atomic mass is 32.1. The number of nitrogens with one attached hydrogen (secondary N) is 2. The molecule has 0 aromatic heterocycles. The minimum Gasteiger partial charge on any atom is -0.486 e. The number of benzene rings is 1. The summed E-state index contributed by atoms with van der Waals surface area (Å²) >= 11 is 4.74. The molecule has 1 aliphatic rings. The SMILES string of the molecule is NC(=S)COc1cccc(NC(=O)NC2CCOC2)c1. The molecule has 0 aliphatic carbocycles. The van der Waals surface area contributed by atoms with Crippen molar-refractivity contribution in [3.05, 3.63) is 24.3 Å². The number of carbonyl (C=O) groups is 1. The van der Waals surface area contributed by atoms with Crippen molar-refractivity contribution in [2.45, 2.75) is 12.5 Å². The molecule has 0 radical (unpaired) electrons. The van der Waals surface area contributed by atoms with Crippen LogP contribution < -0.4 is 21.1 Å². The predicted molar refractivity (Wildman–Crippen MR) is 80.1 cm³/mol. The van der Waals surface area contributed by atoms with Crippen LogP contribution in [0.2, 0.25) is 0 Å². The van der Waals surface area contributed by atoms with Gasteiger partial charge in [0, 0.05) is 18.4 Å². The van der Waals surface area contributed by atoms with Gasteiger partial charge in [-0.05, 0) is 18.6 Å². The Kier molecular flexibility index (Phi) is 5.14. The lowest BCUT2D eigenvalue weighted by Gasteiger charge is -2.12. The summed E-state index contributed by atoms with van der Waals surface area (Å²) in [5.74, 6) is 0.597. The van der Waals surface area contributed by atoms with E-state index in [1.54, 1.807) is 24.3 Å². The van der Waals surface area contributed by atoms with Crippen LogP contribution >= 0.6 is 12.2 Å². The fourth-order valence-electron chi connectivity index (χ4n) is 1.82. The van der Waals surface area contributed by atoms with E-state index in [-0.39, 0.29) is 23.7 Å². The van der Waals surface area contributed by atoms with E-state index in [4.69, 9.17) is 27.4 Å². The Morgan fingerprint density at radius 1 is 1.55 bits per heavy atom. The average Bonchev–Trinajstić information content (AvgIpc) is 2.89. The standard InChI is InChI=1S/C13H17N3O3S/c14-12(20)8-19-11-3-1-2-9(6-11)15-13(17)16-10-4-5-18-7-10/h1-3,6,10H,4-5,7-8H2,(H2,14,20)(H2,15,16,17). The molecule has 1 fully saturated rings. The Morgan fingerprint density at radius 2 is 2.40 bits per heavy atom. The highest BCUT2D eigenvalue weighted by Crippen LogP contribution is 2.17. The summed E-state index contributed by atoms with van der Waals surface area (Å²) in [6.07, 6.45) is 0.838. The Hall–Kier alpha value is -1.86. The van der Waals surface area contributed by atoms with Crippen LogP contribution in [-0.4, -0.2) is 36.9 Å². The molecule has 0 saturated carbocycles. The molecule has 2 rings (SSSR count). The van der Waals surface area contributed by atoms with Gasteiger partial charge in [0.05, 0.1) is 12.6 Å². The second-order valence-electron chi connectivity index (χ2n) is 4.44. The van der Waals surface area contributed by atoms with Crippen molar-refractivity contribution >= 4 is 28.9 Å². The molecule has 1 heterocycles. The van der Waals surface area contributed by atoms with Crippen molar-refractivity contribution in [3.63, 3.8) is 0 Å². The molecule has 0 spiro atoms. The molecule has 4 N–H and O–H groups in total. The van der Waals surface area contributed by atoms with E-state index in [0.717, 1.165) is 6.42 Å². The molecule has 1 unspecified atom stereocenters. The zero-order chi connectivity index (χ0) is 14.4. The van der Waals surface area contributed by atoms with Crippen LogP contribution in [0.25, 0.3) is 0 Å². The summed E-state index contributed by atoms with van der Waals surface area (Å²) in [6, 6.07) is 6.85. The summed E-state index contributed by atoms with van der Waals surface area (Å²) in [4.78, 5) is 12.1. The molecule has 2 amide bonds. The first-order chi connectivity index (χ1) is 9.63. The quantitative estimate of drug-likeness (QED) is 0.712. The highest BCUT2D eigenvalue weighted by Gasteiger charge is 2.17. The van der Waals surface area contributed by atoms with Crippen LogP contribution in [0, 0.1) is 0 Å². The molecule has 1 aromatic rings. The molecular formula is C13H17N3O3S. The molecule has 1 aromatic carbocycles. The number of rotatable bonds is 5. The van der Waals surface area contributed by atoms with E-state index in [0.29, 0.717) is 24.7 Å². The zero-order valence-electron chi connectivity index (χ0n) is 10.9. The lowest BCUT2D eigenvalue weighted by molar-refractivity contribution is 0.189. The smallest absolute Gasteiger partial charge is 0.319 e. The fraction of sp³-hybridized carbons (Fsp3) is 0.385. The molecule has 1 atom stereocenters. The van der Waals surface area contributed by atoms with Crippen molar-refractivity contribution in [2.24, 2.45) is 5.73 Å². The van der Waals surface area contributed by atoms with Crippen molar-refractivity contribution in [1.82, 2.24) is 5.32 Å². The molecule has 7 heteroatoms. The number of carbonyl (C=O) groups excluding carboxylic acids is 1. The molecule has 1 saturated heterocycles. The number of ether oxygens (including phenoxy) is 2. The summed E-state index contributed by atoms with van der Waals surface area (Å²) in [6.45, 7) is 1.42. The fourth-order valence-corrected chi connectivity index (χ4v) is 1.88. The van der Waals surface area contributed by atoms with Crippen molar-refractivity contribution in [1.29, 1.82) is 0 Å². The Balaban J connectivity index is 1.86. The second kappa shape index (κ2) is 7.06. The van der Waals surface area contributed by atoms with Gasteiger partial charge in [0.1, 0.15) is 17.3 Å². The third kappa shape index (κ3) is 4.67. The maximum Gasteiger partial charge on any atom is 0.319 e. The van der Waals surface area contributed by atoms with Gasteiger partial charge >= 0.3 is 6.03 Å². The minimum atomic E-state index is -0.257. The summed E-state index contributed by atoms with van der Waals surface area (Å²) in [5, 5.41) is 5.59. The van der Waals surface area contributed by atoms with E-state index in [2.05, 4.69) is 10.6 Å². The number of nitrogens with two attached hydrogens (primary N) is 1. The molecule has 6 nitrogen and oxygen atoms in total. The summed E-state index contributed by atoms with van der Waals surface area (Å²) < 4.78 is 10.6. The van der Waals surface area contributed by atoms with Gasteiger partial charge in [0.25, 0.3) is 0 Å². The number of urea groups is 1. The number of anilines is 1. The van der Waals surface area contributed by atoms with Gasteiger partial charge in [-0.2, -0.15) is 0 Å². The monoisotopic (exact) mass is 295 g/mol. The van der Waals surface area contributed by atoms with E-state index in [9.17, 15) is 4.79 Å². The molecule has 0 bridgehead atoms. The third-order valence-corrected chi connectivity index (χ3v) is 2.86. The first kappa shape index (κ1) is 14.5. The van der Waals surface area contributed by atoms with Crippen LogP contribution in [0.1, 0.15) is 6.42 Å². The van der Waals surface area contributed by atoms with Crippen LogP contribution in [0.15, 0.2) is 24.3 Å². The number of amides is 2.